The van der Waals surface area contributed by atoms with Crippen molar-refractivity contribution in [3.05, 3.63) is 34.9 Å². The van der Waals surface area contributed by atoms with Crippen LogP contribution in [0.2, 0.25) is 5.02 Å². The summed E-state index contributed by atoms with van der Waals surface area (Å²) >= 11 is 5.73. The molecule has 1 rings (SSSR count). The minimum absolute atomic E-state index is 0.263. The number of ketones is 1. The normalized spacial score (nSPS) is 10.3. The Morgan fingerprint density at radius 2 is 1.84 bits per heavy atom. The first-order chi connectivity index (χ1) is 8.86. The zero-order valence-electron chi connectivity index (χ0n) is 11.1. The second-order valence-corrected chi connectivity index (χ2v) is 5.13. The standard InChI is InChI=1S/C15H15ClO3/c1-15(2,14(18)19-3)10-4-5-13(17)11-6-8-12(16)9-7-11/h6-9H,10H2,1-3H3. The van der Waals surface area contributed by atoms with Crippen LogP contribution in [0.4, 0.5) is 0 Å². The molecule has 0 aromatic heterocycles. The van der Waals surface area contributed by atoms with E-state index < -0.39 is 5.41 Å². The molecule has 0 unspecified atom stereocenters. The highest BCUT2D eigenvalue weighted by Crippen LogP contribution is 2.21. The van der Waals surface area contributed by atoms with Crippen LogP contribution in [-0.2, 0) is 9.53 Å². The Morgan fingerprint density at radius 1 is 1.26 bits per heavy atom. The Balaban J connectivity index is 2.71. The zero-order valence-corrected chi connectivity index (χ0v) is 11.9. The van der Waals surface area contributed by atoms with E-state index >= 15 is 0 Å². The number of hydrogen-bond donors (Lipinski definition) is 0. The van der Waals surface area contributed by atoms with Gasteiger partial charge in [-0.05, 0) is 44.0 Å². The first-order valence-corrected chi connectivity index (χ1v) is 6.12. The van der Waals surface area contributed by atoms with Gasteiger partial charge >= 0.3 is 5.97 Å². The Hall–Kier alpha value is -1.79. The van der Waals surface area contributed by atoms with E-state index in [2.05, 4.69) is 16.6 Å². The van der Waals surface area contributed by atoms with Crippen LogP contribution in [0.3, 0.4) is 0 Å². The number of hydrogen-bond acceptors (Lipinski definition) is 3. The molecule has 1 aromatic carbocycles. The van der Waals surface area contributed by atoms with E-state index in [0.717, 1.165) is 0 Å². The van der Waals surface area contributed by atoms with Crippen LogP contribution in [0.5, 0.6) is 0 Å². The molecule has 0 N–H and O–H groups in total. The van der Waals surface area contributed by atoms with Gasteiger partial charge in [0.1, 0.15) is 0 Å². The minimum atomic E-state index is -0.720. The number of carbonyl (C=O) groups excluding carboxylic acids is 2. The molecule has 0 amide bonds. The van der Waals surface area contributed by atoms with Crippen molar-refractivity contribution in [2.24, 2.45) is 5.41 Å². The van der Waals surface area contributed by atoms with Gasteiger partial charge in [0.05, 0.1) is 12.5 Å². The number of methoxy groups -OCH3 is 1. The molecule has 0 aliphatic heterocycles. The molecule has 4 heteroatoms. The van der Waals surface area contributed by atoms with E-state index in [4.69, 9.17) is 11.6 Å². The highest BCUT2D eigenvalue weighted by atomic mass is 35.5. The fourth-order valence-corrected chi connectivity index (χ4v) is 1.49. The molecule has 3 nitrogen and oxygen atoms in total. The predicted molar refractivity (Wildman–Crippen MR) is 74.0 cm³/mol. The van der Waals surface area contributed by atoms with Crippen LogP contribution in [0, 0.1) is 17.3 Å². The van der Waals surface area contributed by atoms with Crippen LogP contribution in [-0.4, -0.2) is 18.9 Å². The summed E-state index contributed by atoms with van der Waals surface area (Å²) in [6.07, 6.45) is 0.263. The Morgan fingerprint density at radius 3 is 2.37 bits per heavy atom. The van der Waals surface area contributed by atoms with E-state index in [9.17, 15) is 9.59 Å². The Bertz CT molecular complexity index is 533. The van der Waals surface area contributed by atoms with Gasteiger partial charge in [-0.15, -0.1) is 0 Å². The van der Waals surface area contributed by atoms with Crippen molar-refractivity contribution in [3.63, 3.8) is 0 Å². The topological polar surface area (TPSA) is 43.4 Å². The van der Waals surface area contributed by atoms with Gasteiger partial charge in [0, 0.05) is 17.0 Å². The van der Waals surface area contributed by atoms with Crippen LogP contribution in [0.1, 0.15) is 30.6 Å². The molecule has 19 heavy (non-hydrogen) atoms. The molecular weight excluding hydrogens is 264 g/mol. The minimum Gasteiger partial charge on any atom is -0.469 e. The third-order valence-electron chi connectivity index (χ3n) is 2.58. The van der Waals surface area contributed by atoms with Gasteiger partial charge in [-0.25, -0.2) is 0 Å². The molecule has 1 aromatic rings. The number of halogens is 1. The molecule has 0 fully saturated rings. The molecule has 0 saturated carbocycles. The number of ether oxygens (including phenoxy) is 1. The lowest BCUT2D eigenvalue weighted by molar-refractivity contribution is -0.150. The van der Waals surface area contributed by atoms with Gasteiger partial charge in [-0.3, -0.25) is 9.59 Å². The molecule has 0 aliphatic carbocycles. The molecule has 0 heterocycles. The predicted octanol–water partition coefficient (Wildman–Crippen LogP) is 3.12. The average molecular weight is 279 g/mol. The molecular formula is C15H15ClO3. The van der Waals surface area contributed by atoms with Crippen LogP contribution in [0.15, 0.2) is 24.3 Å². The maximum Gasteiger partial charge on any atom is 0.312 e. The molecule has 0 spiro atoms. The van der Waals surface area contributed by atoms with Crippen molar-refractivity contribution < 1.29 is 14.3 Å². The highest BCUT2D eigenvalue weighted by molar-refractivity contribution is 6.30. The van der Waals surface area contributed by atoms with Crippen LogP contribution < -0.4 is 0 Å². The highest BCUT2D eigenvalue weighted by Gasteiger charge is 2.27. The van der Waals surface area contributed by atoms with Crippen LogP contribution >= 0.6 is 11.6 Å². The summed E-state index contributed by atoms with van der Waals surface area (Å²) in [5, 5.41) is 0.566. The van der Waals surface area contributed by atoms with Crippen molar-refractivity contribution in [3.8, 4) is 11.8 Å². The second-order valence-electron chi connectivity index (χ2n) is 4.69. The van der Waals surface area contributed by atoms with E-state index in [1.807, 2.05) is 0 Å². The summed E-state index contributed by atoms with van der Waals surface area (Å²) in [5.41, 5.74) is -0.241. The van der Waals surface area contributed by atoms with E-state index in [1.54, 1.807) is 38.1 Å². The summed E-state index contributed by atoms with van der Waals surface area (Å²) in [6, 6.07) is 6.50. The SMILES string of the molecule is COC(=O)C(C)(C)CC#CC(=O)c1ccc(Cl)cc1. The fraction of sp³-hybridized carbons (Fsp3) is 0.333. The molecule has 0 aliphatic rings. The lowest BCUT2D eigenvalue weighted by atomic mass is 9.90. The summed E-state index contributed by atoms with van der Waals surface area (Å²) in [5.74, 6) is 4.59. The molecule has 100 valence electrons. The lowest BCUT2D eigenvalue weighted by Crippen LogP contribution is -2.24. The molecule has 0 bridgehead atoms. The summed E-state index contributed by atoms with van der Waals surface area (Å²) in [6.45, 7) is 3.44. The summed E-state index contributed by atoms with van der Waals surface area (Å²) in [4.78, 5) is 23.2. The van der Waals surface area contributed by atoms with Crippen molar-refractivity contribution in [2.75, 3.05) is 7.11 Å². The third kappa shape index (κ3) is 4.42. The maximum absolute atomic E-state index is 11.7. The summed E-state index contributed by atoms with van der Waals surface area (Å²) in [7, 11) is 1.33. The first-order valence-electron chi connectivity index (χ1n) is 5.74. The van der Waals surface area contributed by atoms with E-state index in [-0.39, 0.29) is 18.2 Å². The van der Waals surface area contributed by atoms with Gasteiger partial charge in [0.15, 0.2) is 0 Å². The Labute approximate surface area is 117 Å². The quantitative estimate of drug-likeness (QED) is 0.369. The monoisotopic (exact) mass is 278 g/mol. The largest absolute Gasteiger partial charge is 0.469 e. The van der Waals surface area contributed by atoms with E-state index in [0.29, 0.717) is 10.6 Å². The number of benzene rings is 1. The number of Topliss-reactive ketones (excluding diaryl/α,β-unsaturated/α-hetero) is 1. The summed E-state index contributed by atoms with van der Waals surface area (Å²) < 4.78 is 4.66. The van der Waals surface area contributed by atoms with E-state index in [1.165, 1.54) is 7.11 Å². The average Bonchev–Trinajstić information content (AvgIpc) is 2.38. The zero-order chi connectivity index (χ0) is 14.5. The Kier molecular flexibility index (Phi) is 5.14. The number of carbonyl (C=O) groups is 2. The molecule has 0 saturated heterocycles. The van der Waals surface area contributed by atoms with Gasteiger partial charge in [0.2, 0.25) is 5.78 Å². The van der Waals surface area contributed by atoms with Gasteiger partial charge in [-0.1, -0.05) is 17.5 Å². The molecule has 0 radical (unpaired) electrons. The number of rotatable bonds is 3. The fourth-order valence-electron chi connectivity index (χ4n) is 1.37. The lowest BCUT2D eigenvalue weighted by Gasteiger charge is -2.17. The van der Waals surface area contributed by atoms with Crippen molar-refractivity contribution >= 4 is 23.4 Å². The van der Waals surface area contributed by atoms with Crippen molar-refractivity contribution in [1.82, 2.24) is 0 Å². The third-order valence-corrected chi connectivity index (χ3v) is 2.83. The van der Waals surface area contributed by atoms with Gasteiger partial charge < -0.3 is 4.74 Å². The van der Waals surface area contributed by atoms with Gasteiger partial charge in [0.25, 0.3) is 0 Å². The van der Waals surface area contributed by atoms with Crippen molar-refractivity contribution in [2.45, 2.75) is 20.3 Å². The van der Waals surface area contributed by atoms with Crippen LogP contribution in [0.25, 0.3) is 0 Å². The maximum atomic E-state index is 11.7. The van der Waals surface area contributed by atoms with Crippen molar-refractivity contribution in [1.29, 1.82) is 0 Å². The second kappa shape index (κ2) is 6.40. The van der Waals surface area contributed by atoms with Gasteiger partial charge in [-0.2, -0.15) is 0 Å². The molecule has 0 atom stereocenters. The first kappa shape index (κ1) is 15.3. The number of esters is 1. The smallest absolute Gasteiger partial charge is 0.312 e.